The molecule has 128 valence electrons. The van der Waals surface area contributed by atoms with Crippen molar-refractivity contribution in [3.63, 3.8) is 0 Å². The van der Waals surface area contributed by atoms with E-state index in [0.717, 1.165) is 5.56 Å². The molecule has 2 saturated heterocycles. The average Bonchev–Trinajstić information content (AvgIpc) is 2.92. The molecule has 4 amide bonds. The molecule has 7 nitrogen and oxygen atoms in total. The molecule has 2 fully saturated rings. The number of amides is 4. The van der Waals surface area contributed by atoms with Gasteiger partial charge < -0.3 is 20.9 Å². The Morgan fingerprint density at radius 3 is 2.83 bits per heavy atom. The summed E-state index contributed by atoms with van der Waals surface area (Å²) < 4.78 is 0. The molecule has 1 aromatic carbocycles. The van der Waals surface area contributed by atoms with Crippen LogP contribution in [0, 0.1) is 6.92 Å². The van der Waals surface area contributed by atoms with E-state index in [1.165, 1.54) is 0 Å². The van der Waals surface area contributed by atoms with Crippen LogP contribution in [-0.2, 0) is 9.59 Å². The third-order valence-corrected chi connectivity index (χ3v) is 4.62. The second kappa shape index (κ2) is 6.32. The highest BCUT2D eigenvalue weighted by molar-refractivity contribution is 6.30. The molecule has 0 unspecified atom stereocenters. The summed E-state index contributed by atoms with van der Waals surface area (Å²) in [5, 5.41) is 8.85. The molecular formula is C16H19ClN4O3. The summed E-state index contributed by atoms with van der Waals surface area (Å²) in [5.41, 5.74) is 1.51. The van der Waals surface area contributed by atoms with E-state index < -0.39 is 12.1 Å². The van der Waals surface area contributed by atoms with Gasteiger partial charge in [-0.15, -0.1) is 0 Å². The predicted molar refractivity (Wildman–Crippen MR) is 89.9 cm³/mol. The quantitative estimate of drug-likeness (QED) is 0.750. The highest BCUT2D eigenvalue weighted by Gasteiger charge is 2.45. The van der Waals surface area contributed by atoms with Crippen molar-refractivity contribution >= 4 is 35.1 Å². The molecule has 3 rings (SSSR count). The molecule has 0 saturated carbocycles. The van der Waals surface area contributed by atoms with Gasteiger partial charge in [0.25, 0.3) is 0 Å². The molecule has 2 aliphatic heterocycles. The van der Waals surface area contributed by atoms with Crippen molar-refractivity contribution in [2.75, 3.05) is 11.9 Å². The first-order valence-corrected chi connectivity index (χ1v) is 8.17. The molecule has 0 aliphatic carbocycles. The minimum absolute atomic E-state index is 0.113. The number of anilines is 1. The molecule has 2 heterocycles. The first-order chi connectivity index (χ1) is 11.3. The summed E-state index contributed by atoms with van der Waals surface area (Å²) >= 11 is 5.90. The number of hydrogen-bond acceptors (Lipinski definition) is 3. The summed E-state index contributed by atoms with van der Waals surface area (Å²) in [6.07, 6.45) is 0.414. The van der Waals surface area contributed by atoms with Gasteiger partial charge in [0.2, 0.25) is 11.8 Å². The number of benzene rings is 1. The summed E-state index contributed by atoms with van der Waals surface area (Å²) in [5.74, 6) is -0.279. The van der Waals surface area contributed by atoms with E-state index in [0.29, 0.717) is 23.7 Å². The molecule has 3 atom stereocenters. The fourth-order valence-corrected chi connectivity index (χ4v) is 3.39. The van der Waals surface area contributed by atoms with Gasteiger partial charge in [0.15, 0.2) is 0 Å². The number of piperazine rings is 1. The zero-order chi connectivity index (χ0) is 17.4. The topological polar surface area (TPSA) is 90.5 Å². The van der Waals surface area contributed by atoms with Crippen LogP contribution in [0.2, 0.25) is 5.02 Å². The van der Waals surface area contributed by atoms with Crippen molar-refractivity contribution < 1.29 is 14.4 Å². The van der Waals surface area contributed by atoms with E-state index in [1.54, 1.807) is 30.0 Å². The van der Waals surface area contributed by atoms with Crippen LogP contribution in [0.3, 0.4) is 0 Å². The summed E-state index contributed by atoms with van der Waals surface area (Å²) in [6.45, 7) is 3.85. The lowest BCUT2D eigenvalue weighted by Gasteiger charge is -2.32. The Kier molecular flexibility index (Phi) is 4.36. The van der Waals surface area contributed by atoms with Crippen molar-refractivity contribution in [2.45, 2.75) is 38.4 Å². The second-order valence-corrected chi connectivity index (χ2v) is 6.66. The van der Waals surface area contributed by atoms with Crippen LogP contribution in [0.15, 0.2) is 18.2 Å². The number of urea groups is 1. The maximum atomic E-state index is 12.2. The number of carbonyl (C=O) groups is 3. The van der Waals surface area contributed by atoms with Gasteiger partial charge in [0, 0.05) is 17.3 Å². The third-order valence-electron chi connectivity index (χ3n) is 4.39. The Labute approximate surface area is 144 Å². The summed E-state index contributed by atoms with van der Waals surface area (Å²) in [7, 11) is 0. The number of carbonyl (C=O) groups excluding carboxylic acids is 3. The number of hydrogen-bond donors (Lipinski definition) is 3. The monoisotopic (exact) mass is 350 g/mol. The van der Waals surface area contributed by atoms with Crippen molar-refractivity contribution in [1.82, 2.24) is 15.5 Å². The molecule has 2 aliphatic rings. The highest BCUT2D eigenvalue weighted by atomic mass is 35.5. The van der Waals surface area contributed by atoms with Gasteiger partial charge in [-0.1, -0.05) is 11.6 Å². The van der Waals surface area contributed by atoms with Crippen LogP contribution >= 0.6 is 11.6 Å². The summed E-state index contributed by atoms with van der Waals surface area (Å²) in [6, 6.07) is 3.54. The van der Waals surface area contributed by atoms with Gasteiger partial charge in [-0.3, -0.25) is 9.59 Å². The molecule has 0 bridgehead atoms. The molecule has 8 heteroatoms. The highest BCUT2D eigenvalue weighted by Crippen LogP contribution is 2.23. The van der Waals surface area contributed by atoms with Crippen molar-refractivity contribution in [3.8, 4) is 0 Å². The van der Waals surface area contributed by atoms with Gasteiger partial charge in [0.05, 0.1) is 6.04 Å². The van der Waals surface area contributed by atoms with Crippen LogP contribution < -0.4 is 16.0 Å². The largest absolute Gasteiger partial charge is 0.343 e. The first kappa shape index (κ1) is 16.6. The number of nitrogens with zero attached hydrogens (tertiary/aromatic N) is 1. The second-order valence-electron chi connectivity index (χ2n) is 6.23. The van der Waals surface area contributed by atoms with Crippen molar-refractivity contribution in [1.29, 1.82) is 0 Å². The maximum absolute atomic E-state index is 12.2. The summed E-state index contributed by atoms with van der Waals surface area (Å²) in [4.78, 5) is 37.8. The number of nitrogens with one attached hydrogen (secondary N) is 3. The Morgan fingerprint density at radius 2 is 2.12 bits per heavy atom. The van der Waals surface area contributed by atoms with Crippen LogP contribution in [0.1, 0.15) is 18.9 Å². The van der Waals surface area contributed by atoms with Crippen LogP contribution in [-0.4, -0.2) is 47.4 Å². The average molecular weight is 351 g/mol. The van der Waals surface area contributed by atoms with E-state index in [9.17, 15) is 14.4 Å². The van der Waals surface area contributed by atoms with E-state index in [2.05, 4.69) is 16.0 Å². The Hall–Kier alpha value is -2.28. The van der Waals surface area contributed by atoms with Gasteiger partial charge in [-0.05, 0) is 44.0 Å². The molecule has 0 aromatic heterocycles. The van der Waals surface area contributed by atoms with E-state index >= 15 is 0 Å². The van der Waals surface area contributed by atoms with Crippen molar-refractivity contribution in [2.24, 2.45) is 0 Å². The molecule has 3 N–H and O–H groups in total. The maximum Gasteiger partial charge on any atom is 0.319 e. The fourth-order valence-electron chi connectivity index (χ4n) is 3.16. The molecular weight excluding hydrogens is 332 g/mol. The van der Waals surface area contributed by atoms with Gasteiger partial charge in [-0.2, -0.15) is 0 Å². The number of fused-ring (bicyclic) bond motifs is 1. The Balaban J connectivity index is 1.62. The predicted octanol–water partition coefficient (Wildman–Crippen LogP) is 1.26. The Bertz CT molecular complexity index is 709. The number of aryl methyl sites for hydroxylation is 1. The van der Waals surface area contributed by atoms with Crippen molar-refractivity contribution in [3.05, 3.63) is 28.8 Å². The minimum atomic E-state index is -0.516. The van der Waals surface area contributed by atoms with E-state index in [1.807, 2.05) is 6.92 Å². The lowest BCUT2D eigenvalue weighted by Crippen LogP contribution is -2.60. The van der Waals surface area contributed by atoms with E-state index in [-0.39, 0.29) is 23.9 Å². The van der Waals surface area contributed by atoms with Crippen LogP contribution in [0.5, 0.6) is 0 Å². The van der Waals surface area contributed by atoms with Crippen LogP contribution in [0.25, 0.3) is 0 Å². The normalized spacial score (nSPS) is 26.0. The SMILES string of the molecule is Cc1cc(Cl)ccc1NC(=O)N[C@H]1C[C@H]2C(=O)N[C@H](C)C(=O)N2C1. The molecule has 24 heavy (non-hydrogen) atoms. The van der Waals surface area contributed by atoms with Gasteiger partial charge in [0.1, 0.15) is 12.1 Å². The lowest BCUT2D eigenvalue weighted by atomic mass is 10.1. The molecule has 0 radical (unpaired) electrons. The standard InChI is InChI=1S/C16H19ClN4O3/c1-8-5-10(17)3-4-12(8)20-16(24)19-11-6-13-14(22)18-9(2)15(23)21(13)7-11/h3-5,9,11,13H,6-7H2,1-2H3,(H,18,22)(H2,19,20,24)/t9-,11+,13+/m1/s1. The number of halogens is 1. The zero-order valence-corrected chi connectivity index (χ0v) is 14.2. The molecule has 1 aromatic rings. The van der Waals surface area contributed by atoms with Gasteiger partial charge >= 0.3 is 6.03 Å². The number of rotatable bonds is 2. The third kappa shape index (κ3) is 3.17. The Morgan fingerprint density at radius 1 is 1.38 bits per heavy atom. The zero-order valence-electron chi connectivity index (χ0n) is 13.4. The molecule has 0 spiro atoms. The first-order valence-electron chi connectivity index (χ1n) is 7.79. The van der Waals surface area contributed by atoms with Crippen LogP contribution in [0.4, 0.5) is 10.5 Å². The minimum Gasteiger partial charge on any atom is -0.343 e. The fraction of sp³-hybridized carbons (Fsp3) is 0.438. The van der Waals surface area contributed by atoms with Gasteiger partial charge in [-0.25, -0.2) is 4.79 Å². The lowest BCUT2D eigenvalue weighted by molar-refractivity contribution is -0.146. The smallest absolute Gasteiger partial charge is 0.319 e. The van der Waals surface area contributed by atoms with E-state index in [4.69, 9.17) is 11.6 Å².